The summed E-state index contributed by atoms with van der Waals surface area (Å²) in [6, 6.07) is 3.87. The van der Waals surface area contributed by atoms with Gasteiger partial charge in [-0.3, -0.25) is 4.90 Å². The van der Waals surface area contributed by atoms with Crippen LogP contribution in [0, 0.1) is 0 Å². The predicted octanol–water partition coefficient (Wildman–Crippen LogP) is 3.10. The molecule has 0 aromatic heterocycles. The number of nitrogens with one attached hydrogen (secondary N) is 1. The number of piperazine rings is 1. The van der Waals surface area contributed by atoms with E-state index < -0.39 is 11.7 Å². The van der Waals surface area contributed by atoms with E-state index in [2.05, 4.69) is 10.2 Å². The third-order valence-corrected chi connectivity index (χ3v) is 3.67. The van der Waals surface area contributed by atoms with E-state index in [-0.39, 0.29) is 24.2 Å². The average molecular weight is 325 g/mol. The molecular weight excluding hydrogens is 305 g/mol. The third-order valence-electron chi connectivity index (χ3n) is 3.67. The number of hydrogen-bond acceptors (Lipinski definition) is 3. The highest BCUT2D eigenvalue weighted by Gasteiger charge is 2.32. The van der Waals surface area contributed by atoms with Crippen LogP contribution < -0.4 is 10.1 Å². The molecule has 21 heavy (non-hydrogen) atoms. The molecule has 1 N–H and O–H groups in total. The largest absolute Gasteiger partial charge is 0.497 e. The molecule has 1 fully saturated rings. The lowest BCUT2D eigenvalue weighted by atomic mass is 10.0. The Bertz CT molecular complexity index is 462. The van der Waals surface area contributed by atoms with Crippen LogP contribution in [0.5, 0.6) is 5.75 Å². The quantitative estimate of drug-likeness (QED) is 0.924. The monoisotopic (exact) mass is 324 g/mol. The fourth-order valence-electron chi connectivity index (χ4n) is 2.43. The molecule has 120 valence electrons. The summed E-state index contributed by atoms with van der Waals surface area (Å²) in [7, 11) is 1.38. The summed E-state index contributed by atoms with van der Waals surface area (Å²) >= 11 is 0. The zero-order chi connectivity index (χ0) is 14.8. The molecule has 1 aromatic carbocycles. The Morgan fingerprint density at radius 1 is 1.19 bits per heavy atom. The number of nitrogens with zero attached hydrogens (tertiary/aromatic N) is 1. The van der Waals surface area contributed by atoms with Crippen molar-refractivity contribution in [2.24, 2.45) is 0 Å². The van der Waals surface area contributed by atoms with Crippen LogP contribution in [-0.4, -0.2) is 38.2 Å². The van der Waals surface area contributed by atoms with Gasteiger partial charge in [0, 0.05) is 32.2 Å². The maximum Gasteiger partial charge on any atom is 0.416 e. The lowest BCUT2D eigenvalue weighted by molar-refractivity contribution is -0.137. The molecule has 1 aliphatic heterocycles. The standard InChI is InChI=1S/C14H19F3N2O.ClH/c1-10(19-5-3-18-4-6-19)11-7-12(14(15,16)17)9-13(8-11)20-2;/h7-10,18H,3-6H2,1-2H3;1H/t10-;/m0./s1. The van der Waals surface area contributed by atoms with Crippen LogP contribution in [0.25, 0.3) is 0 Å². The van der Waals surface area contributed by atoms with Crippen molar-refractivity contribution in [1.82, 2.24) is 10.2 Å². The van der Waals surface area contributed by atoms with Gasteiger partial charge in [-0.1, -0.05) is 0 Å². The van der Waals surface area contributed by atoms with E-state index in [4.69, 9.17) is 4.74 Å². The Labute approximate surface area is 128 Å². The molecule has 2 rings (SSSR count). The summed E-state index contributed by atoms with van der Waals surface area (Å²) in [4.78, 5) is 2.17. The summed E-state index contributed by atoms with van der Waals surface area (Å²) < 4.78 is 43.7. The van der Waals surface area contributed by atoms with Gasteiger partial charge in [-0.05, 0) is 30.7 Å². The third kappa shape index (κ3) is 4.49. The van der Waals surface area contributed by atoms with Gasteiger partial charge in [0.05, 0.1) is 12.7 Å². The highest BCUT2D eigenvalue weighted by atomic mass is 35.5. The zero-order valence-electron chi connectivity index (χ0n) is 12.0. The maximum absolute atomic E-state index is 12.9. The first-order chi connectivity index (χ1) is 9.41. The first-order valence-electron chi connectivity index (χ1n) is 6.63. The fraction of sp³-hybridized carbons (Fsp3) is 0.571. The second kappa shape index (κ2) is 7.33. The van der Waals surface area contributed by atoms with Crippen molar-refractivity contribution >= 4 is 12.4 Å². The number of rotatable bonds is 3. The summed E-state index contributed by atoms with van der Waals surface area (Å²) in [5.74, 6) is 0.247. The SMILES string of the molecule is COc1cc([C@H](C)N2CCNCC2)cc(C(F)(F)F)c1.Cl. The first-order valence-corrected chi connectivity index (χ1v) is 6.63. The summed E-state index contributed by atoms with van der Waals surface area (Å²) in [5.41, 5.74) is -0.0209. The summed E-state index contributed by atoms with van der Waals surface area (Å²) in [6.45, 7) is 5.32. The van der Waals surface area contributed by atoms with E-state index in [1.165, 1.54) is 13.2 Å². The van der Waals surface area contributed by atoms with Crippen LogP contribution in [-0.2, 0) is 6.18 Å². The van der Waals surface area contributed by atoms with Crippen molar-refractivity contribution in [2.45, 2.75) is 19.1 Å². The van der Waals surface area contributed by atoms with Crippen molar-refractivity contribution in [3.05, 3.63) is 29.3 Å². The normalized spacial score (nSPS) is 18.0. The molecule has 0 spiro atoms. The smallest absolute Gasteiger partial charge is 0.416 e. The Balaban J connectivity index is 0.00000220. The van der Waals surface area contributed by atoms with Crippen molar-refractivity contribution < 1.29 is 17.9 Å². The lowest BCUT2D eigenvalue weighted by Gasteiger charge is -2.33. The van der Waals surface area contributed by atoms with Crippen LogP contribution in [0.4, 0.5) is 13.2 Å². The highest BCUT2D eigenvalue weighted by Crippen LogP contribution is 2.35. The Kier molecular flexibility index (Phi) is 6.31. The minimum atomic E-state index is -4.35. The number of alkyl halides is 3. The number of benzene rings is 1. The van der Waals surface area contributed by atoms with Crippen LogP contribution in [0.3, 0.4) is 0 Å². The van der Waals surface area contributed by atoms with Gasteiger partial charge in [-0.25, -0.2) is 0 Å². The molecule has 7 heteroatoms. The fourth-order valence-corrected chi connectivity index (χ4v) is 2.43. The number of methoxy groups -OCH3 is 1. The second-order valence-electron chi connectivity index (χ2n) is 4.95. The van der Waals surface area contributed by atoms with Gasteiger partial charge in [-0.15, -0.1) is 12.4 Å². The average Bonchev–Trinajstić information content (AvgIpc) is 2.46. The van der Waals surface area contributed by atoms with E-state index in [0.717, 1.165) is 32.2 Å². The van der Waals surface area contributed by atoms with Gasteiger partial charge >= 0.3 is 6.18 Å². The second-order valence-corrected chi connectivity index (χ2v) is 4.95. The maximum atomic E-state index is 12.9. The van der Waals surface area contributed by atoms with Crippen LogP contribution in [0.15, 0.2) is 18.2 Å². The minimum absolute atomic E-state index is 0. The molecule has 0 aliphatic carbocycles. The Morgan fingerprint density at radius 3 is 2.33 bits per heavy atom. The van der Waals surface area contributed by atoms with Gasteiger partial charge in [-0.2, -0.15) is 13.2 Å². The summed E-state index contributed by atoms with van der Waals surface area (Å²) in [5, 5.41) is 3.23. The van der Waals surface area contributed by atoms with Crippen molar-refractivity contribution in [3.8, 4) is 5.75 Å². The van der Waals surface area contributed by atoms with E-state index >= 15 is 0 Å². The molecule has 0 bridgehead atoms. The zero-order valence-corrected chi connectivity index (χ0v) is 12.9. The number of hydrogen-bond donors (Lipinski definition) is 1. The molecule has 1 heterocycles. The van der Waals surface area contributed by atoms with E-state index in [0.29, 0.717) is 5.56 Å². The molecule has 1 aromatic rings. The molecule has 0 unspecified atom stereocenters. The van der Waals surface area contributed by atoms with E-state index in [9.17, 15) is 13.2 Å². The predicted molar refractivity (Wildman–Crippen MR) is 78.1 cm³/mol. The lowest BCUT2D eigenvalue weighted by Crippen LogP contribution is -2.44. The van der Waals surface area contributed by atoms with Crippen LogP contribution >= 0.6 is 12.4 Å². The molecule has 1 atom stereocenters. The van der Waals surface area contributed by atoms with Gasteiger partial charge in [0.15, 0.2) is 0 Å². The topological polar surface area (TPSA) is 24.5 Å². The molecular formula is C14H20ClF3N2O. The number of ether oxygens (including phenoxy) is 1. The van der Waals surface area contributed by atoms with Gasteiger partial charge in [0.2, 0.25) is 0 Å². The van der Waals surface area contributed by atoms with Gasteiger partial charge in [0.25, 0.3) is 0 Å². The molecule has 3 nitrogen and oxygen atoms in total. The molecule has 0 amide bonds. The Morgan fingerprint density at radius 2 is 1.81 bits per heavy atom. The van der Waals surface area contributed by atoms with Gasteiger partial charge in [0.1, 0.15) is 5.75 Å². The molecule has 0 saturated carbocycles. The van der Waals surface area contributed by atoms with Crippen LogP contribution in [0.2, 0.25) is 0 Å². The van der Waals surface area contributed by atoms with Crippen molar-refractivity contribution in [1.29, 1.82) is 0 Å². The molecule has 1 aliphatic rings. The minimum Gasteiger partial charge on any atom is -0.497 e. The van der Waals surface area contributed by atoms with E-state index in [1.54, 1.807) is 6.07 Å². The van der Waals surface area contributed by atoms with Gasteiger partial charge < -0.3 is 10.1 Å². The van der Waals surface area contributed by atoms with Crippen molar-refractivity contribution in [3.63, 3.8) is 0 Å². The Hall–Kier alpha value is -0.980. The number of halogens is 4. The molecule has 0 radical (unpaired) electrons. The molecule has 1 saturated heterocycles. The van der Waals surface area contributed by atoms with E-state index in [1.807, 2.05) is 6.92 Å². The first kappa shape index (κ1) is 18.1. The summed E-state index contributed by atoms with van der Waals surface area (Å²) in [6.07, 6.45) is -4.35. The highest BCUT2D eigenvalue weighted by molar-refractivity contribution is 5.85. The van der Waals surface area contributed by atoms with Crippen LogP contribution in [0.1, 0.15) is 24.1 Å². The van der Waals surface area contributed by atoms with Crippen molar-refractivity contribution in [2.75, 3.05) is 33.3 Å².